The Bertz CT molecular complexity index is 1200. The minimum atomic E-state index is -0.729. The highest BCUT2D eigenvalue weighted by Gasteiger charge is 2.39. The third-order valence-electron chi connectivity index (χ3n) is 7.41. The molecule has 4 nitrogen and oxygen atoms in total. The smallest absolute Gasteiger partial charge is 0.306 e. The molecule has 2 N–H and O–H groups in total. The van der Waals surface area contributed by atoms with Gasteiger partial charge in [0.1, 0.15) is 11.6 Å². The Balaban J connectivity index is 1.37. The van der Waals surface area contributed by atoms with Crippen molar-refractivity contribution in [3.8, 4) is 16.9 Å². The number of carbonyl (C=O) groups is 1. The normalized spacial score (nSPS) is 19.0. The van der Waals surface area contributed by atoms with Gasteiger partial charge in [-0.1, -0.05) is 43.3 Å². The molecular weight excluding hydrogens is 429 g/mol. The molecule has 34 heavy (non-hydrogen) atoms. The van der Waals surface area contributed by atoms with E-state index in [0.29, 0.717) is 17.2 Å². The maximum absolute atomic E-state index is 14.4. The Morgan fingerprint density at radius 2 is 1.82 bits per heavy atom. The van der Waals surface area contributed by atoms with E-state index in [9.17, 15) is 14.3 Å². The lowest BCUT2D eigenvalue weighted by molar-refractivity contribution is -0.142. The van der Waals surface area contributed by atoms with Gasteiger partial charge in [-0.15, -0.1) is 0 Å². The fraction of sp³-hybridized carbons (Fsp3) is 0.345. The van der Waals surface area contributed by atoms with E-state index in [1.165, 1.54) is 11.6 Å². The number of fused-ring (bicyclic) bond motifs is 1. The van der Waals surface area contributed by atoms with Crippen molar-refractivity contribution in [1.29, 1.82) is 0 Å². The fourth-order valence-electron chi connectivity index (χ4n) is 5.29. The van der Waals surface area contributed by atoms with E-state index in [1.54, 1.807) is 19.2 Å². The van der Waals surface area contributed by atoms with E-state index in [1.807, 2.05) is 19.1 Å². The molecule has 3 aromatic rings. The number of carboxylic acids is 1. The number of anilines is 1. The van der Waals surface area contributed by atoms with Crippen LogP contribution >= 0.6 is 0 Å². The number of aliphatic carboxylic acids is 1. The van der Waals surface area contributed by atoms with Crippen LogP contribution in [-0.2, 0) is 11.2 Å². The zero-order chi connectivity index (χ0) is 23.8. The summed E-state index contributed by atoms with van der Waals surface area (Å²) in [6.45, 7) is 1.83. The predicted octanol–water partition coefficient (Wildman–Crippen LogP) is 6.82. The van der Waals surface area contributed by atoms with Crippen molar-refractivity contribution in [2.75, 3.05) is 12.4 Å². The summed E-state index contributed by atoms with van der Waals surface area (Å²) in [5.41, 5.74) is 5.98. The van der Waals surface area contributed by atoms with Crippen LogP contribution in [0.3, 0.4) is 0 Å². The monoisotopic (exact) mass is 459 g/mol. The molecule has 1 saturated carbocycles. The van der Waals surface area contributed by atoms with Gasteiger partial charge < -0.3 is 15.2 Å². The number of methoxy groups -OCH3 is 1. The van der Waals surface area contributed by atoms with Crippen LogP contribution in [-0.4, -0.2) is 18.2 Å². The molecule has 3 unspecified atom stereocenters. The summed E-state index contributed by atoms with van der Waals surface area (Å²) in [7, 11) is 1.58. The number of nitrogens with one attached hydrogen (secondary N) is 1. The number of rotatable bonds is 7. The molecule has 0 spiro atoms. The Kier molecular flexibility index (Phi) is 6.03. The third kappa shape index (κ3) is 4.39. The lowest BCUT2D eigenvalue weighted by Gasteiger charge is -2.30. The highest BCUT2D eigenvalue weighted by Crippen LogP contribution is 2.48. The van der Waals surface area contributed by atoms with E-state index in [4.69, 9.17) is 4.74 Å². The van der Waals surface area contributed by atoms with Crippen molar-refractivity contribution in [3.05, 3.63) is 83.2 Å². The molecule has 5 rings (SSSR count). The average Bonchev–Trinajstić information content (AvgIpc) is 3.69. The van der Waals surface area contributed by atoms with Crippen molar-refractivity contribution >= 4 is 11.7 Å². The molecule has 1 aliphatic carbocycles. The van der Waals surface area contributed by atoms with Crippen LogP contribution in [0.15, 0.2) is 60.7 Å². The zero-order valence-electron chi connectivity index (χ0n) is 19.6. The highest BCUT2D eigenvalue weighted by atomic mass is 19.1. The summed E-state index contributed by atoms with van der Waals surface area (Å²) in [5.74, 6) is -0.243. The Labute approximate surface area is 199 Å². The molecule has 0 bridgehead atoms. The molecule has 0 radical (unpaired) electrons. The number of hydrogen-bond donors (Lipinski definition) is 2. The van der Waals surface area contributed by atoms with Crippen molar-refractivity contribution in [2.45, 2.75) is 44.6 Å². The number of ether oxygens (including phenoxy) is 1. The maximum atomic E-state index is 14.4. The highest BCUT2D eigenvalue weighted by molar-refractivity contribution is 5.71. The number of carboxylic acid groups (broad SMARTS) is 1. The summed E-state index contributed by atoms with van der Waals surface area (Å²) in [5, 5.41) is 13.3. The van der Waals surface area contributed by atoms with E-state index >= 15 is 0 Å². The van der Waals surface area contributed by atoms with E-state index in [0.717, 1.165) is 48.1 Å². The second-order valence-electron chi connectivity index (χ2n) is 9.61. The molecule has 2 aliphatic rings. The summed E-state index contributed by atoms with van der Waals surface area (Å²) in [6, 6.07) is 19.4. The van der Waals surface area contributed by atoms with Crippen molar-refractivity contribution in [1.82, 2.24) is 0 Å². The van der Waals surface area contributed by atoms with Crippen molar-refractivity contribution in [2.24, 2.45) is 11.8 Å². The molecule has 3 aromatic carbocycles. The minimum Gasteiger partial charge on any atom is -0.497 e. The zero-order valence-corrected chi connectivity index (χ0v) is 19.6. The van der Waals surface area contributed by atoms with Crippen LogP contribution in [0, 0.1) is 17.7 Å². The summed E-state index contributed by atoms with van der Waals surface area (Å²) in [4.78, 5) is 11.7. The second kappa shape index (κ2) is 9.13. The van der Waals surface area contributed by atoms with Crippen LogP contribution in [0.2, 0.25) is 0 Å². The average molecular weight is 460 g/mol. The first kappa shape index (κ1) is 22.5. The minimum absolute atomic E-state index is 0.0574. The summed E-state index contributed by atoms with van der Waals surface area (Å²) in [6.07, 6.45) is 4.14. The lowest BCUT2D eigenvalue weighted by Crippen LogP contribution is -2.22. The van der Waals surface area contributed by atoms with Gasteiger partial charge in [-0.25, -0.2) is 4.39 Å². The second-order valence-corrected chi connectivity index (χ2v) is 9.61. The van der Waals surface area contributed by atoms with E-state index < -0.39 is 11.9 Å². The molecule has 1 fully saturated rings. The molecule has 1 heterocycles. The van der Waals surface area contributed by atoms with E-state index in [2.05, 4.69) is 35.6 Å². The molecule has 5 heteroatoms. The lowest BCUT2D eigenvalue weighted by atomic mass is 9.82. The molecule has 0 saturated heterocycles. The first-order valence-electron chi connectivity index (χ1n) is 12.0. The molecule has 176 valence electrons. The van der Waals surface area contributed by atoms with Gasteiger partial charge in [0.25, 0.3) is 0 Å². The summed E-state index contributed by atoms with van der Waals surface area (Å²) < 4.78 is 19.6. The van der Waals surface area contributed by atoms with Gasteiger partial charge in [-0.2, -0.15) is 0 Å². The number of benzene rings is 3. The van der Waals surface area contributed by atoms with Crippen LogP contribution in [0.4, 0.5) is 10.1 Å². The number of hydrogen-bond acceptors (Lipinski definition) is 3. The summed E-state index contributed by atoms with van der Waals surface area (Å²) >= 11 is 0. The molecule has 0 aromatic heterocycles. The van der Waals surface area contributed by atoms with Gasteiger partial charge in [0, 0.05) is 11.3 Å². The number of aryl methyl sites for hydroxylation is 1. The topological polar surface area (TPSA) is 58.6 Å². The van der Waals surface area contributed by atoms with Gasteiger partial charge in [0.2, 0.25) is 0 Å². The van der Waals surface area contributed by atoms with E-state index in [-0.39, 0.29) is 17.8 Å². The van der Waals surface area contributed by atoms with Crippen LogP contribution in [0.25, 0.3) is 11.1 Å². The van der Waals surface area contributed by atoms with Crippen molar-refractivity contribution in [3.63, 3.8) is 0 Å². The molecule has 0 amide bonds. The first-order chi connectivity index (χ1) is 16.4. The quantitative estimate of drug-likeness (QED) is 0.407. The Hall–Kier alpha value is -3.34. The van der Waals surface area contributed by atoms with Gasteiger partial charge in [0.05, 0.1) is 19.1 Å². The van der Waals surface area contributed by atoms with Gasteiger partial charge in [0.15, 0.2) is 0 Å². The molecule has 3 atom stereocenters. The van der Waals surface area contributed by atoms with Crippen LogP contribution < -0.4 is 10.1 Å². The van der Waals surface area contributed by atoms with Crippen LogP contribution in [0.1, 0.15) is 54.8 Å². The van der Waals surface area contributed by atoms with Gasteiger partial charge in [-0.05, 0) is 84.0 Å². The Morgan fingerprint density at radius 1 is 1.06 bits per heavy atom. The SMILES string of the molecule is COc1ccc(F)c(-c2ccc(C3CCc4ccc(C(C5CC5)C(C)C(=O)O)cc4N3)cc2)c1. The maximum Gasteiger partial charge on any atom is 0.306 e. The molecule has 1 aliphatic heterocycles. The number of halogens is 1. The van der Waals surface area contributed by atoms with Gasteiger partial charge in [-0.3, -0.25) is 4.79 Å². The van der Waals surface area contributed by atoms with Crippen LogP contribution in [0.5, 0.6) is 5.75 Å². The predicted molar refractivity (Wildman–Crippen MR) is 132 cm³/mol. The standard InChI is InChI=1S/C29H30FNO3/c1-17(29(32)33)28(21-8-9-21)22-10-7-20-11-14-26(31-27(20)15-22)19-5-3-18(4-6-19)24-16-23(34-2)12-13-25(24)30/h3-7,10,12-13,15-17,21,26,28,31H,8-9,11,14H2,1-2H3,(H,32,33). The van der Waals surface area contributed by atoms with Gasteiger partial charge >= 0.3 is 5.97 Å². The largest absolute Gasteiger partial charge is 0.497 e. The molecular formula is C29H30FNO3. The first-order valence-corrected chi connectivity index (χ1v) is 12.0. The Morgan fingerprint density at radius 3 is 2.50 bits per heavy atom. The fourth-order valence-corrected chi connectivity index (χ4v) is 5.29. The van der Waals surface area contributed by atoms with Crippen molar-refractivity contribution < 1.29 is 19.0 Å². The third-order valence-corrected chi connectivity index (χ3v) is 7.41.